The maximum Gasteiger partial charge on any atom is 0.260 e. The number of thiophene rings is 1. The molecule has 0 atom stereocenters. The number of methoxy groups -OCH3 is 1. The fraction of sp³-hybridized carbons (Fsp3) is 0.414. The SMILES string of the molecule is COc1cc(N2CCC(N3CCN(S(C)(=O)=O)CC3)CC2)c(C)cc1Nc1nc(Nc2ccsc2C(N)=O)c2ccn(S)c2n1. The minimum atomic E-state index is -3.14. The molecule has 1 aromatic carbocycles. The molecule has 2 aliphatic rings. The highest BCUT2D eigenvalue weighted by Gasteiger charge is 2.30. The molecule has 0 radical (unpaired) electrons. The van der Waals surface area contributed by atoms with Crippen LogP contribution in [0, 0.1) is 6.92 Å². The van der Waals surface area contributed by atoms with Crippen molar-refractivity contribution in [3.05, 3.63) is 46.3 Å². The molecule has 0 bridgehead atoms. The summed E-state index contributed by atoms with van der Waals surface area (Å²) >= 11 is 5.77. The minimum Gasteiger partial charge on any atom is -0.494 e. The Labute approximate surface area is 272 Å². The number of amides is 1. The maximum absolute atomic E-state index is 11.9. The van der Waals surface area contributed by atoms with Gasteiger partial charge in [-0.2, -0.15) is 14.3 Å². The van der Waals surface area contributed by atoms with Crippen LogP contribution < -0.4 is 26.0 Å². The first-order valence-electron chi connectivity index (χ1n) is 14.6. The molecule has 0 unspecified atom stereocenters. The Morgan fingerprint density at radius 2 is 1.80 bits per heavy atom. The smallest absolute Gasteiger partial charge is 0.260 e. The van der Waals surface area contributed by atoms with Gasteiger partial charge in [-0.3, -0.25) is 13.7 Å². The minimum absolute atomic E-state index is 0.331. The van der Waals surface area contributed by atoms with Crippen molar-refractivity contribution in [2.24, 2.45) is 5.73 Å². The number of carbonyl (C=O) groups excluding carboxylic acids is 1. The van der Waals surface area contributed by atoms with Crippen molar-refractivity contribution in [3.8, 4) is 5.75 Å². The van der Waals surface area contributed by atoms with Crippen molar-refractivity contribution < 1.29 is 17.9 Å². The van der Waals surface area contributed by atoms with Crippen LogP contribution in [0.4, 0.5) is 28.8 Å². The molecular weight excluding hydrogens is 635 g/mol. The highest BCUT2D eigenvalue weighted by molar-refractivity contribution is 7.88. The first kappa shape index (κ1) is 31.4. The zero-order chi connectivity index (χ0) is 31.9. The molecule has 240 valence electrons. The monoisotopic (exact) mass is 671 g/mol. The van der Waals surface area contributed by atoms with Gasteiger partial charge in [-0.05, 0) is 48.9 Å². The predicted octanol–water partition coefficient (Wildman–Crippen LogP) is 3.63. The standard InChI is InChI=1S/C29H37N9O4S3/c1-18-16-22(32-29-33-27(20-6-10-38(43)28(20)34-29)31-21-7-15-44-25(21)26(30)39)24(42-2)17-23(18)36-8-4-19(5-9-36)35-11-13-37(14-12-35)45(3,40)41/h6-7,10,15-17,19,43H,4-5,8-9,11-14H2,1-3H3,(H2,30,39)(H2,31,32,33,34). The lowest BCUT2D eigenvalue weighted by atomic mass is 10.0. The van der Waals surface area contributed by atoms with E-state index >= 15 is 0 Å². The van der Waals surface area contributed by atoms with E-state index in [1.165, 1.54) is 17.6 Å². The summed E-state index contributed by atoms with van der Waals surface area (Å²) in [6, 6.07) is 8.17. The Bertz CT molecular complexity index is 1830. The number of aromatic nitrogens is 3. The van der Waals surface area contributed by atoms with Crippen LogP contribution in [-0.2, 0) is 10.0 Å². The summed E-state index contributed by atoms with van der Waals surface area (Å²) in [4.78, 5) is 26.6. The lowest BCUT2D eigenvalue weighted by molar-refractivity contribution is 0.100. The van der Waals surface area contributed by atoms with E-state index in [0.29, 0.717) is 58.5 Å². The molecule has 2 fully saturated rings. The van der Waals surface area contributed by atoms with E-state index < -0.39 is 15.9 Å². The second kappa shape index (κ2) is 12.7. The first-order chi connectivity index (χ1) is 21.5. The predicted molar refractivity (Wildman–Crippen MR) is 182 cm³/mol. The van der Waals surface area contributed by atoms with Crippen LogP contribution in [0.15, 0.2) is 35.8 Å². The molecule has 0 spiro atoms. The lowest BCUT2D eigenvalue weighted by Gasteiger charge is -2.43. The van der Waals surface area contributed by atoms with Gasteiger partial charge in [-0.15, -0.1) is 11.3 Å². The zero-order valence-electron chi connectivity index (χ0n) is 25.4. The van der Waals surface area contributed by atoms with Crippen LogP contribution >= 0.6 is 24.2 Å². The van der Waals surface area contributed by atoms with Gasteiger partial charge in [-0.25, -0.2) is 8.42 Å². The van der Waals surface area contributed by atoms with Gasteiger partial charge in [0.1, 0.15) is 16.4 Å². The molecule has 2 saturated heterocycles. The Balaban J connectivity index is 1.19. The average molecular weight is 672 g/mol. The number of nitrogens with zero attached hydrogens (tertiary/aromatic N) is 6. The summed E-state index contributed by atoms with van der Waals surface area (Å²) < 4.78 is 32.8. The summed E-state index contributed by atoms with van der Waals surface area (Å²) in [5.74, 6) is 0.976. The number of nitrogens with one attached hydrogen (secondary N) is 2. The number of fused-ring (bicyclic) bond motifs is 1. The highest BCUT2D eigenvalue weighted by atomic mass is 32.2. The number of primary amides is 1. The molecule has 16 heteroatoms. The molecule has 4 aromatic rings. The molecule has 5 heterocycles. The fourth-order valence-electron chi connectivity index (χ4n) is 6.16. The van der Waals surface area contributed by atoms with E-state index in [0.717, 1.165) is 55.7 Å². The Kier molecular flexibility index (Phi) is 8.85. The summed E-state index contributed by atoms with van der Waals surface area (Å²) in [5.41, 5.74) is 9.63. The third-order valence-corrected chi connectivity index (χ3v) is 11.1. The van der Waals surface area contributed by atoms with Gasteiger partial charge in [0.05, 0.1) is 30.1 Å². The van der Waals surface area contributed by atoms with Crippen LogP contribution in [0.1, 0.15) is 28.1 Å². The van der Waals surface area contributed by atoms with Crippen molar-refractivity contribution in [1.82, 2.24) is 23.1 Å². The van der Waals surface area contributed by atoms with Gasteiger partial charge in [-0.1, -0.05) is 12.8 Å². The molecule has 2 aliphatic heterocycles. The number of thiol groups is 1. The van der Waals surface area contributed by atoms with E-state index in [2.05, 4.69) is 40.2 Å². The number of anilines is 5. The normalized spacial score (nSPS) is 17.1. The number of ether oxygens (including phenoxy) is 1. The van der Waals surface area contributed by atoms with Crippen molar-refractivity contribution in [3.63, 3.8) is 0 Å². The number of nitrogens with two attached hydrogens (primary N) is 1. The van der Waals surface area contributed by atoms with E-state index in [4.69, 9.17) is 20.4 Å². The molecule has 4 N–H and O–H groups in total. The van der Waals surface area contributed by atoms with Gasteiger partial charge in [0.2, 0.25) is 16.0 Å². The average Bonchev–Trinajstić information content (AvgIpc) is 3.64. The first-order valence-corrected chi connectivity index (χ1v) is 17.8. The van der Waals surface area contributed by atoms with Crippen LogP contribution in [0.25, 0.3) is 11.0 Å². The maximum atomic E-state index is 11.9. The highest BCUT2D eigenvalue weighted by Crippen LogP contribution is 2.37. The van der Waals surface area contributed by atoms with Gasteiger partial charge in [0.15, 0.2) is 5.65 Å². The van der Waals surface area contributed by atoms with Gasteiger partial charge in [0.25, 0.3) is 5.91 Å². The number of rotatable bonds is 9. The fourth-order valence-corrected chi connectivity index (χ4v) is 7.90. The summed E-state index contributed by atoms with van der Waals surface area (Å²) in [7, 11) is -1.50. The van der Waals surface area contributed by atoms with Gasteiger partial charge in [0, 0.05) is 63.3 Å². The quantitative estimate of drug-likeness (QED) is 0.194. The van der Waals surface area contributed by atoms with E-state index in [9.17, 15) is 13.2 Å². The molecule has 1 amide bonds. The number of piperidine rings is 1. The van der Waals surface area contributed by atoms with E-state index in [1.54, 1.807) is 33.0 Å². The molecular formula is C29H37N9O4S3. The van der Waals surface area contributed by atoms with E-state index in [-0.39, 0.29) is 0 Å². The third-order valence-electron chi connectivity index (χ3n) is 8.50. The molecule has 45 heavy (non-hydrogen) atoms. The Morgan fingerprint density at radius 1 is 1.07 bits per heavy atom. The van der Waals surface area contributed by atoms with Crippen molar-refractivity contribution in [2.45, 2.75) is 25.8 Å². The van der Waals surface area contributed by atoms with Crippen molar-refractivity contribution in [2.75, 3.05) is 68.2 Å². The number of aryl methyl sites for hydroxylation is 1. The second-order valence-corrected chi connectivity index (χ2v) is 14.7. The lowest BCUT2D eigenvalue weighted by Crippen LogP contribution is -2.54. The molecule has 6 rings (SSSR count). The number of carbonyl (C=O) groups is 1. The van der Waals surface area contributed by atoms with Gasteiger partial charge >= 0.3 is 0 Å². The third kappa shape index (κ3) is 6.56. The number of benzene rings is 1. The number of sulfonamides is 1. The van der Waals surface area contributed by atoms with Crippen molar-refractivity contribution >= 4 is 79.9 Å². The van der Waals surface area contributed by atoms with Gasteiger partial charge < -0.3 is 26.0 Å². The van der Waals surface area contributed by atoms with Crippen molar-refractivity contribution in [1.29, 1.82) is 0 Å². The molecule has 3 aromatic heterocycles. The molecule has 13 nitrogen and oxygen atoms in total. The summed E-state index contributed by atoms with van der Waals surface area (Å²) in [5, 5.41) is 9.10. The number of hydrogen-bond donors (Lipinski definition) is 4. The largest absolute Gasteiger partial charge is 0.494 e. The van der Waals surface area contributed by atoms with Crippen LogP contribution in [0.5, 0.6) is 5.75 Å². The summed E-state index contributed by atoms with van der Waals surface area (Å²) in [6.45, 7) is 6.53. The Hall–Kier alpha value is -3.57. The second-order valence-electron chi connectivity index (χ2n) is 11.3. The topological polar surface area (TPSA) is 151 Å². The molecule has 0 aliphatic carbocycles. The zero-order valence-corrected chi connectivity index (χ0v) is 27.9. The number of piperazine rings is 1. The van der Waals surface area contributed by atoms with E-state index in [1.807, 2.05) is 18.2 Å². The van der Waals surface area contributed by atoms with Crippen LogP contribution in [-0.4, -0.2) is 96.1 Å². The Morgan fingerprint density at radius 3 is 2.47 bits per heavy atom. The summed E-state index contributed by atoms with van der Waals surface area (Å²) in [6.07, 6.45) is 5.08. The number of hydrogen-bond acceptors (Lipinski definition) is 12. The van der Waals surface area contributed by atoms with Crippen LogP contribution in [0.2, 0.25) is 0 Å². The van der Waals surface area contributed by atoms with Crippen LogP contribution in [0.3, 0.4) is 0 Å². The molecule has 0 saturated carbocycles.